The van der Waals surface area contributed by atoms with Crippen LogP contribution in [0.2, 0.25) is 10.0 Å². The van der Waals surface area contributed by atoms with E-state index in [1.54, 1.807) is 24.3 Å². The average molecular weight is 431 g/mol. The molecule has 0 aromatic heterocycles. The number of allylic oxidation sites excluding steroid dienone is 2. The second kappa shape index (κ2) is 7.61. The first-order valence-corrected chi connectivity index (χ1v) is 9.91. The SMILES string of the molecule is O=C1CCCC2=C1C(c1cccc(Cl)c1Cl)CC(=O)N2c1cccc([N+](=O)[O-])c1. The van der Waals surface area contributed by atoms with Crippen molar-refractivity contribution in [2.24, 2.45) is 0 Å². The van der Waals surface area contributed by atoms with Gasteiger partial charge in [0.05, 0.1) is 20.7 Å². The van der Waals surface area contributed by atoms with Crippen LogP contribution in [0.1, 0.15) is 37.2 Å². The van der Waals surface area contributed by atoms with Crippen molar-refractivity contribution in [1.82, 2.24) is 0 Å². The van der Waals surface area contributed by atoms with Gasteiger partial charge in [0.15, 0.2) is 5.78 Å². The van der Waals surface area contributed by atoms with Gasteiger partial charge in [-0.05, 0) is 30.5 Å². The number of rotatable bonds is 3. The maximum Gasteiger partial charge on any atom is 0.271 e. The number of Topliss-reactive ketones (excluding diaryl/α,β-unsaturated/α-hetero) is 1. The summed E-state index contributed by atoms with van der Waals surface area (Å²) in [4.78, 5) is 38.2. The van der Waals surface area contributed by atoms with Crippen molar-refractivity contribution < 1.29 is 14.5 Å². The van der Waals surface area contributed by atoms with E-state index in [1.807, 2.05) is 0 Å². The average Bonchev–Trinajstić information content (AvgIpc) is 2.69. The minimum atomic E-state index is -0.506. The Morgan fingerprint density at radius 1 is 1.07 bits per heavy atom. The summed E-state index contributed by atoms with van der Waals surface area (Å²) in [5.41, 5.74) is 2.07. The maximum atomic E-state index is 13.2. The number of nitro groups is 1. The highest BCUT2D eigenvalue weighted by Gasteiger charge is 2.40. The van der Waals surface area contributed by atoms with Gasteiger partial charge in [0, 0.05) is 42.2 Å². The number of hydrogen-bond acceptors (Lipinski definition) is 4. The molecule has 1 aliphatic heterocycles. The van der Waals surface area contributed by atoms with Gasteiger partial charge < -0.3 is 0 Å². The van der Waals surface area contributed by atoms with Crippen molar-refractivity contribution in [2.45, 2.75) is 31.6 Å². The smallest absolute Gasteiger partial charge is 0.271 e. The van der Waals surface area contributed by atoms with Gasteiger partial charge >= 0.3 is 0 Å². The Kier molecular flexibility index (Phi) is 5.15. The van der Waals surface area contributed by atoms with E-state index in [0.717, 1.165) is 0 Å². The van der Waals surface area contributed by atoms with Gasteiger partial charge in [-0.1, -0.05) is 41.4 Å². The Labute approximate surface area is 176 Å². The fraction of sp³-hybridized carbons (Fsp3) is 0.238. The molecule has 0 radical (unpaired) electrons. The van der Waals surface area contributed by atoms with Gasteiger partial charge in [-0.2, -0.15) is 0 Å². The molecule has 2 aromatic rings. The van der Waals surface area contributed by atoms with Gasteiger partial charge in [0.25, 0.3) is 5.69 Å². The molecule has 6 nitrogen and oxygen atoms in total. The zero-order chi connectivity index (χ0) is 20.7. The fourth-order valence-corrected chi connectivity index (χ4v) is 4.53. The zero-order valence-electron chi connectivity index (χ0n) is 15.2. The summed E-state index contributed by atoms with van der Waals surface area (Å²) >= 11 is 12.6. The molecular weight excluding hydrogens is 415 g/mol. The van der Waals surface area contributed by atoms with E-state index in [0.29, 0.717) is 51.8 Å². The number of nitrogens with zero attached hydrogens (tertiary/aromatic N) is 2. The highest BCUT2D eigenvalue weighted by molar-refractivity contribution is 6.42. The van der Waals surface area contributed by atoms with Crippen LogP contribution in [0.3, 0.4) is 0 Å². The van der Waals surface area contributed by atoms with E-state index in [9.17, 15) is 19.7 Å². The number of carbonyl (C=O) groups excluding carboxylic acids is 2. The maximum absolute atomic E-state index is 13.2. The number of hydrogen-bond donors (Lipinski definition) is 0. The standard InChI is InChI=1S/C21H16Cl2N2O4/c22-16-7-2-6-14(21(16)23)15-11-19(27)24(17-8-3-9-18(26)20(15)17)12-4-1-5-13(10-12)25(28)29/h1-2,4-7,10,15H,3,8-9,11H2. The normalized spacial score (nSPS) is 19.4. The molecule has 0 spiro atoms. The van der Waals surface area contributed by atoms with Crippen molar-refractivity contribution in [1.29, 1.82) is 0 Å². The minimum absolute atomic E-state index is 0.0322. The Hall–Kier alpha value is -2.70. The lowest BCUT2D eigenvalue weighted by Crippen LogP contribution is -2.40. The first-order valence-electron chi connectivity index (χ1n) is 9.16. The van der Waals surface area contributed by atoms with Crippen LogP contribution in [0, 0.1) is 10.1 Å². The molecule has 0 bridgehead atoms. The monoisotopic (exact) mass is 430 g/mol. The largest absolute Gasteiger partial charge is 0.294 e. The van der Waals surface area contributed by atoms with Crippen molar-refractivity contribution >= 4 is 46.3 Å². The molecule has 1 aliphatic carbocycles. The third kappa shape index (κ3) is 3.43. The molecule has 0 saturated carbocycles. The molecule has 0 fully saturated rings. The Morgan fingerprint density at radius 2 is 1.83 bits per heavy atom. The predicted molar refractivity (Wildman–Crippen MR) is 110 cm³/mol. The lowest BCUT2D eigenvalue weighted by Gasteiger charge is -2.38. The number of nitro benzene ring substituents is 1. The van der Waals surface area contributed by atoms with Crippen LogP contribution in [0.25, 0.3) is 0 Å². The van der Waals surface area contributed by atoms with Crippen molar-refractivity contribution in [2.75, 3.05) is 4.90 Å². The lowest BCUT2D eigenvalue weighted by atomic mass is 9.77. The van der Waals surface area contributed by atoms with Crippen molar-refractivity contribution in [3.63, 3.8) is 0 Å². The van der Waals surface area contributed by atoms with E-state index in [1.165, 1.54) is 23.1 Å². The molecule has 0 N–H and O–H groups in total. The van der Waals surface area contributed by atoms with Gasteiger partial charge in [0.1, 0.15) is 0 Å². The Balaban J connectivity index is 1.88. The molecule has 148 valence electrons. The van der Waals surface area contributed by atoms with E-state index in [-0.39, 0.29) is 23.8 Å². The molecule has 4 rings (SSSR count). The van der Waals surface area contributed by atoms with Gasteiger partial charge in [-0.3, -0.25) is 24.6 Å². The molecular formula is C21H16Cl2N2O4. The van der Waals surface area contributed by atoms with Crippen LogP contribution >= 0.6 is 23.2 Å². The number of carbonyl (C=O) groups is 2. The van der Waals surface area contributed by atoms with Crippen molar-refractivity contribution in [3.8, 4) is 0 Å². The summed E-state index contributed by atoms with van der Waals surface area (Å²) in [6.07, 6.45) is 1.58. The minimum Gasteiger partial charge on any atom is -0.294 e. The van der Waals surface area contributed by atoms with Crippen LogP contribution in [0.4, 0.5) is 11.4 Å². The molecule has 29 heavy (non-hydrogen) atoms. The first-order chi connectivity index (χ1) is 13.9. The van der Waals surface area contributed by atoms with Crippen LogP contribution < -0.4 is 4.90 Å². The number of ketones is 1. The summed E-state index contributed by atoms with van der Waals surface area (Å²) in [6.45, 7) is 0. The van der Waals surface area contributed by atoms with Crippen LogP contribution in [0.5, 0.6) is 0 Å². The van der Waals surface area contributed by atoms with E-state index >= 15 is 0 Å². The van der Waals surface area contributed by atoms with Crippen molar-refractivity contribution in [3.05, 3.63) is 79.5 Å². The molecule has 1 amide bonds. The zero-order valence-corrected chi connectivity index (χ0v) is 16.7. The summed E-state index contributed by atoms with van der Waals surface area (Å²) in [5, 5.41) is 11.9. The Bertz CT molecular complexity index is 1080. The summed E-state index contributed by atoms with van der Waals surface area (Å²) in [7, 11) is 0. The number of halogens is 2. The molecule has 0 saturated heterocycles. The summed E-state index contributed by atoms with van der Waals surface area (Å²) < 4.78 is 0. The third-order valence-electron chi connectivity index (χ3n) is 5.33. The molecule has 2 aliphatic rings. The van der Waals surface area contributed by atoms with Crippen LogP contribution in [0.15, 0.2) is 53.7 Å². The second-order valence-corrected chi connectivity index (χ2v) is 7.83. The number of non-ortho nitro benzene ring substituents is 1. The first kappa shape index (κ1) is 19.6. The number of benzene rings is 2. The molecule has 1 heterocycles. The fourth-order valence-electron chi connectivity index (χ4n) is 4.09. The topological polar surface area (TPSA) is 80.5 Å². The van der Waals surface area contributed by atoms with Gasteiger partial charge in [-0.15, -0.1) is 0 Å². The van der Waals surface area contributed by atoms with Crippen LogP contribution in [-0.4, -0.2) is 16.6 Å². The molecule has 2 aromatic carbocycles. The van der Waals surface area contributed by atoms with E-state index in [2.05, 4.69) is 0 Å². The number of anilines is 1. The van der Waals surface area contributed by atoms with E-state index < -0.39 is 10.8 Å². The predicted octanol–water partition coefficient (Wildman–Crippen LogP) is 5.43. The molecule has 8 heteroatoms. The highest BCUT2D eigenvalue weighted by atomic mass is 35.5. The molecule has 1 unspecified atom stereocenters. The van der Waals surface area contributed by atoms with Crippen LogP contribution in [-0.2, 0) is 9.59 Å². The van der Waals surface area contributed by atoms with Gasteiger partial charge in [0.2, 0.25) is 5.91 Å². The van der Waals surface area contributed by atoms with Gasteiger partial charge in [-0.25, -0.2) is 0 Å². The summed E-state index contributed by atoms with van der Waals surface area (Å²) in [6, 6.07) is 11.1. The summed E-state index contributed by atoms with van der Waals surface area (Å²) in [5.74, 6) is -0.748. The Morgan fingerprint density at radius 3 is 2.59 bits per heavy atom. The quantitative estimate of drug-likeness (QED) is 0.480. The number of amides is 1. The second-order valence-electron chi connectivity index (χ2n) is 7.04. The lowest BCUT2D eigenvalue weighted by molar-refractivity contribution is -0.384. The highest BCUT2D eigenvalue weighted by Crippen LogP contribution is 2.46. The third-order valence-corrected chi connectivity index (χ3v) is 6.16. The van der Waals surface area contributed by atoms with E-state index in [4.69, 9.17) is 23.2 Å². The molecule has 1 atom stereocenters.